The highest BCUT2D eigenvalue weighted by Crippen LogP contribution is 2.22. The Hall–Kier alpha value is -1.83. The number of nitrogens with zero attached hydrogens (tertiary/aromatic N) is 1. The highest BCUT2D eigenvalue weighted by molar-refractivity contribution is 6.32. The van der Waals surface area contributed by atoms with Gasteiger partial charge in [-0.25, -0.2) is 0 Å². The molecule has 1 aromatic carbocycles. The van der Waals surface area contributed by atoms with Gasteiger partial charge in [-0.2, -0.15) is 5.26 Å². The molecule has 0 fully saturated rings. The van der Waals surface area contributed by atoms with Gasteiger partial charge in [0.15, 0.2) is 0 Å². The summed E-state index contributed by atoms with van der Waals surface area (Å²) < 4.78 is 0. The number of carbonyl (C=O) groups excluding carboxylic acids is 1. The van der Waals surface area contributed by atoms with Crippen LogP contribution in [0.4, 0.5) is 5.69 Å². The Bertz CT molecular complexity index is 548. The first-order valence-corrected chi connectivity index (χ1v) is 5.92. The molecule has 18 heavy (non-hydrogen) atoms. The van der Waals surface area contributed by atoms with Crippen LogP contribution in [0.2, 0.25) is 5.02 Å². The molecule has 4 nitrogen and oxygen atoms in total. The number of halogens is 1. The summed E-state index contributed by atoms with van der Waals surface area (Å²) in [7, 11) is 0. The molecule has 92 valence electrons. The molecule has 0 aromatic heterocycles. The first kappa shape index (κ1) is 12.6. The topological polar surface area (TPSA) is 78.9 Å². The van der Waals surface area contributed by atoms with Crippen molar-refractivity contribution < 1.29 is 4.79 Å². The van der Waals surface area contributed by atoms with Crippen LogP contribution in [0.25, 0.3) is 0 Å². The van der Waals surface area contributed by atoms with Crippen molar-refractivity contribution in [1.29, 1.82) is 5.26 Å². The van der Waals surface area contributed by atoms with E-state index in [4.69, 9.17) is 22.6 Å². The number of rotatable bonds is 2. The van der Waals surface area contributed by atoms with E-state index in [9.17, 15) is 4.79 Å². The molecule has 2 atom stereocenters. The predicted octanol–water partition coefficient (Wildman–Crippen LogP) is 2.05. The van der Waals surface area contributed by atoms with Crippen molar-refractivity contribution in [2.45, 2.75) is 12.5 Å². The van der Waals surface area contributed by atoms with Gasteiger partial charge in [0, 0.05) is 11.7 Å². The quantitative estimate of drug-likeness (QED) is 0.800. The normalized spacial score (nSPS) is 21.6. The van der Waals surface area contributed by atoms with Crippen molar-refractivity contribution in [3.05, 3.63) is 40.9 Å². The zero-order valence-electron chi connectivity index (χ0n) is 9.56. The number of anilines is 1. The van der Waals surface area contributed by atoms with Gasteiger partial charge in [-0.05, 0) is 24.6 Å². The maximum absolute atomic E-state index is 11.9. The molecular weight excluding hydrogens is 250 g/mol. The van der Waals surface area contributed by atoms with Gasteiger partial charge in [-0.3, -0.25) is 4.79 Å². The Morgan fingerprint density at radius 1 is 1.50 bits per heavy atom. The van der Waals surface area contributed by atoms with Crippen LogP contribution in [-0.2, 0) is 4.79 Å². The molecule has 1 aliphatic rings. The molecule has 1 amide bonds. The summed E-state index contributed by atoms with van der Waals surface area (Å²) in [6.07, 6.45) is 4.26. The summed E-state index contributed by atoms with van der Waals surface area (Å²) in [5.74, 6) is -0.311. The summed E-state index contributed by atoms with van der Waals surface area (Å²) in [6, 6.07) is 6.71. The second kappa shape index (κ2) is 5.21. The van der Waals surface area contributed by atoms with E-state index in [2.05, 4.69) is 5.32 Å². The zero-order chi connectivity index (χ0) is 13.1. The van der Waals surface area contributed by atoms with Crippen LogP contribution in [0.5, 0.6) is 0 Å². The second-order valence-corrected chi connectivity index (χ2v) is 4.59. The minimum atomic E-state index is -0.200. The summed E-state index contributed by atoms with van der Waals surface area (Å²) in [5.41, 5.74) is 6.66. The molecule has 0 spiro atoms. The highest BCUT2D eigenvalue weighted by Gasteiger charge is 2.22. The first-order chi connectivity index (χ1) is 8.60. The van der Waals surface area contributed by atoms with Crippen molar-refractivity contribution in [2.24, 2.45) is 11.7 Å². The molecule has 1 aromatic rings. The van der Waals surface area contributed by atoms with Gasteiger partial charge in [0.2, 0.25) is 5.91 Å². The summed E-state index contributed by atoms with van der Waals surface area (Å²) in [4.78, 5) is 11.9. The SMILES string of the molecule is N#Cc1ccc(NC(=O)C2C=CC(N)C2)cc1Cl. The van der Waals surface area contributed by atoms with E-state index in [1.165, 1.54) is 0 Å². The first-order valence-electron chi connectivity index (χ1n) is 5.54. The predicted molar refractivity (Wildman–Crippen MR) is 70.0 cm³/mol. The van der Waals surface area contributed by atoms with E-state index in [1.807, 2.05) is 18.2 Å². The molecular formula is C13H12ClN3O. The number of nitrogens with one attached hydrogen (secondary N) is 1. The molecule has 5 heteroatoms. The molecule has 2 rings (SSSR count). The van der Waals surface area contributed by atoms with Crippen LogP contribution >= 0.6 is 11.6 Å². The average Bonchev–Trinajstić information content (AvgIpc) is 2.76. The van der Waals surface area contributed by atoms with Gasteiger partial charge in [-0.15, -0.1) is 0 Å². The third kappa shape index (κ3) is 2.70. The van der Waals surface area contributed by atoms with Crippen LogP contribution < -0.4 is 11.1 Å². The summed E-state index contributed by atoms with van der Waals surface area (Å²) in [5, 5.41) is 11.8. The van der Waals surface area contributed by atoms with Gasteiger partial charge in [0.25, 0.3) is 0 Å². The molecule has 2 unspecified atom stereocenters. The van der Waals surface area contributed by atoms with Crippen LogP contribution in [0, 0.1) is 17.2 Å². The number of hydrogen-bond donors (Lipinski definition) is 2. The lowest BCUT2D eigenvalue weighted by Gasteiger charge is -2.11. The molecule has 0 radical (unpaired) electrons. The Labute approximate surface area is 110 Å². The minimum absolute atomic E-state index is 0.0506. The van der Waals surface area contributed by atoms with Gasteiger partial charge >= 0.3 is 0 Å². The van der Waals surface area contributed by atoms with Crippen LogP contribution in [0.3, 0.4) is 0 Å². The third-order valence-corrected chi connectivity index (χ3v) is 3.12. The van der Waals surface area contributed by atoms with E-state index >= 15 is 0 Å². The number of nitrogens with two attached hydrogens (primary N) is 1. The fraction of sp³-hybridized carbons (Fsp3) is 0.231. The maximum atomic E-state index is 11.9. The van der Waals surface area contributed by atoms with Gasteiger partial charge in [0.05, 0.1) is 16.5 Å². The molecule has 0 heterocycles. The number of nitriles is 1. The Morgan fingerprint density at radius 2 is 2.28 bits per heavy atom. The zero-order valence-corrected chi connectivity index (χ0v) is 10.3. The number of carbonyl (C=O) groups is 1. The lowest BCUT2D eigenvalue weighted by atomic mass is 10.1. The molecule has 3 N–H and O–H groups in total. The molecule has 0 saturated carbocycles. The van der Waals surface area contributed by atoms with E-state index in [1.54, 1.807) is 18.2 Å². The molecule has 0 bridgehead atoms. The number of amides is 1. The largest absolute Gasteiger partial charge is 0.326 e. The minimum Gasteiger partial charge on any atom is -0.326 e. The second-order valence-electron chi connectivity index (χ2n) is 4.19. The Morgan fingerprint density at radius 3 is 2.83 bits per heavy atom. The highest BCUT2D eigenvalue weighted by atomic mass is 35.5. The van der Waals surface area contributed by atoms with Gasteiger partial charge in [0.1, 0.15) is 6.07 Å². The van der Waals surface area contributed by atoms with Gasteiger partial charge in [-0.1, -0.05) is 23.8 Å². The fourth-order valence-electron chi connectivity index (χ4n) is 1.84. The van der Waals surface area contributed by atoms with E-state index < -0.39 is 0 Å². The Kier molecular flexibility index (Phi) is 3.66. The van der Waals surface area contributed by atoms with Crippen molar-refractivity contribution in [2.75, 3.05) is 5.32 Å². The lowest BCUT2D eigenvalue weighted by Crippen LogP contribution is -2.23. The summed E-state index contributed by atoms with van der Waals surface area (Å²) in [6.45, 7) is 0. The number of benzene rings is 1. The van der Waals surface area contributed by atoms with Crippen molar-refractivity contribution in [3.8, 4) is 6.07 Å². The third-order valence-electron chi connectivity index (χ3n) is 2.81. The van der Waals surface area contributed by atoms with Gasteiger partial charge < -0.3 is 11.1 Å². The van der Waals surface area contributed by atoms with Crippen LogP contribution in [0.1, 0.15) is 12.0 Å². The van der Waals surface area contributed by atoms with Crippen molar-refractivity contribution >= 4 is 23.2 Å². The van der Waals surface area contributed by atoms with Crippen molar-refractivity contribution in [1.82, 2.24) is 0 Å². The average molecular weight is 262 g/mol. The standard InChI is InChI=1S/C13H12ClN3O/c14-12-6-11(4-2-9(12)7-15)17-13(18)8-1-3-10(16)5-8/h1-4,6,8,10H,5,16H2,(H,17,18). The van der Waals surface area contributed by atoms with Crippen LogP contribution in [-0.4, -0.2) is 11.9 Å². The molecule has 1 aliphatic carbocycles. The van der Waals surface area contributed by atoms with E-state index in [-0.39, 0.29) is 17.9 Å². The van der Waals surface area contributed by atoms with E-state index in [0.717, 1.165) is 0 Å². The lowest BCUT2D eigenvalue weighted by molar-refractivity contribution is -0.118. The Balaban J connectivity index is 2.06. The van der Waals surface area contributed by atoms with Crippen LogP contribution in [0.15, 0.2) is 30.4 Å². The fourth-order valence-corrected chi connectivity index (χ4v) is 2.06. The molecule has 0 saturated heterocycles. The number of hydrogen-bond acceptors (Lipinski definition) is 3. The monoisotopic (exact) mass is 261 g/mol. The van der Waals surface area contributed by atoms with Crippen molar-refractivity contribution in [3.63, 3.8) is 0 Å². The molecule has 0 aliphatic heterocycles. The van der Waals surface area contributed by atoms with E-state index in [0.29, 0.717) is 22.7 Å². The smallest absolute Gasteiger partial charge is 0.231 e. The maximum Gasteiger partial charge on any atom is 0.231 e. The summed E-state index contributed by atoms with van der Waals surface area (Å²) >= 11 is 5.89.